The van der Waals surface area contributed by atoms with Crippen molar-refractivity contribution in [3.63, 3.8) is 0 Å². The van der Waals surface area contributed by atoms with E-state index in [0.29, 0.717) is 11.1 Å². The number of benzene rings is 2. The number of aromatic nitrogens is 1. The van der Waals surface area contributed by atoms with Gasteiger partial charge in [0.2, 0.25) is 0 Å². The second-order valence-electron chi connectivity index (χ2n) is 4.65. The van der Waals surface area contributed by atoms with Gasteiger partial charge in [0.1, 0.15) is 11.3 Å². The van der Waals surface area contributed by atoms with E-state index < -0.39 is 0 Å². The fourth-order valence-electron chi connectivity index (χ4n) is 2.09. The van der Waals surface area contributed by atoms with Crippen LogP contribution in [-0.2, 0) is 0 Å². The van der Waals surface area contributed by atoms with Gasteiger partial charge in [0.25, 0.3) is 0 Å². The minimum atomic E-state index is 0.182. The number of rotatable bonds is 2. The van der Waals surface area contributed by atoms with Crippen LogP contribution in [0.15, 0.2) is 54.6 Å². The Hall–Kier alpha value is -3.12. The lowest BCUT2D eigenvalue weighted by atomic mass is 10.1. The fourth-order valence-corrected chi connectivity index (χ4v) is 2.09. The van der Waals surface area contributed by atoms with Gasteiger partial charge < -0.3 is 5.11 Å². The Labute approximate surface area is 122 Å². The third-order valence-corrected chi connectivity index (χ3v) is 3.21. The third kappa shape index (κ3) is 2.75. The predicted molar refractivity (Wildman–Crippen MR) is 83.5 cm³/mol. The number of pyridine rings is 1. The van der Waals surface area contributed by atoms with Gasteiger partial charge in [-0.25, -0.2) is 4.98 Å². The molecule has 0 aliphatic heterocycles. The maximum Gasteiger partial charge on any atom is 0.141 e. The second kappa shape index (κ2) is 5.48. The van der Waals surface area contributed by atoms with Gasteiger partial charge in [-0.2, -0.15) is 5.26 Å². The SMILES string of the molecule is N#Cc1ccc(/C=C/c2ccc3cccc(O)c3n2)cc1. The summed E-state index contributed by atoms with van der Waals surface area (Å²) >= 11 is 0. The first kappa shape index (κ1) is 12.9. The average Bonchev–Trinajstić information content (AvgIpc) is 2.54. The van der Waals surface area contributed by atoms with Crippen LogP contribution in [0.1, 0.15) is 16.8 Å². The van der Waals surface area contributed by atoms with Crippen molar-refractivity contribution >= 4 is 23.1 Å². The summed E-state index contributed by atoms with van der Waals surface area (Å²) in [6, 6.07) is 18.6. The molecule has 1 N–H and O–H groups in total. The maximum absolute atomic E-state index is 9.82. The molecule has 0 aliphatic carbocycles. The lowest BCUT2D eigenvalue weighted by Crippen LogP contribution is -1.84. The van der Waals surface area contributed by atoms with E-state index in [-0.39, 0.29) is 5.75 Å². The van der Waals surface area contributed by atoms with E-state index in [4.69, 9.17) is 5.26 Å². The molecule has 1 aromatic heterocycles. The molecule has 0 atom stereocenters. The summed E-state index contributed by atoms with van der Waals surface area (Å²) < 4.78 is 0. The minimum absolute atomic E-state index is 0.182. The van der Waals surface area contributed by atoms with Crippen LogP contribution in [0.5, 0.6) is 5.75 Å². The van der Waals surface area contributed by atoms with Crippen LogP contribution < -0.4 is 0 Å². The number of para-hydroxylation sites is 1. The fraction of sp³-hybridized carbons (Fsp3) is 0. The van der Waals surface area contributed by atoms with Crippen molar-refractivity contribution in [1.29, 1.82) is 5.26 Å². The number of aromatic hydroxyl groups is 1. The van der Waals surface area contributed by atoms with Crippen LogP contribution in [-0.4, -0.2) is 10.1 Å². The Morgan fingerprint density at radius 3 is 2.52 bits per heavy atom. The molecule has 3 nitrogen and oxygen atoms in total. The standard InChI is InChI=1S/C18H12N2O/c19-12-14-6-4-13(5-7-14)8-10-16-11-9-15-2-1-3-17(21)18(15)20-16/h1-11,21H/b10-8+. The van der Waals surface area contributed by atoms with Gasteiger partial charge in [-0.1, -0.05) is 36.4 Å². The van der Waals surface area contributed by atoms with E-state index in [1.165, 1.54) is 0 Å². The van der Waals surface area contributed by atoms with Crippen LogP contribution in [0.3, 0.4) is 0 Å². The van der Waals surface area contributed by atoms with Crippen LogP contribution in [0.4, 0.5) is 0 Å². The number of hydrogen-bond acceptors (Lipinski definition) is 3. The van der Waals surface area contributed by atoms with E-state index in [2.05, 4.69) is 11.1 Å². The van der Waals surface area contributed by atoms with Gasteiger partial charge in [-0.05, 0) is 35.9 Å². The van der Waals surface area contributed by atoms with E-state index in [1.54, 1.807) is 24.3 Å². The summed E-state index contributed by atoms with van der Waals surface area (Å²) in [7, 11) is 0. The van der Waals surface area contributed by atoms with Crippen molar-refractivity contribution in [3.05, 3.63) is 71.4 Å². The van der Waals surface area contributed by atoms with Crippen molar-refractivity contribution in [2.24, 2.45) is 0 Å². The molecule has 0 saturated carbocycles. The molecule has 1 heterocycles. The van der Waals surface area contributed by atoms with Gasteiger partial charge in [-0.15, -0.1) is 0 Å². The highest BCUT2D eigenvalue weighted by atomic mass is 16.3. The smallest absolute Gasteiger partial charge is 0.141 e. The molecule has 3 aromatic rings. The van der Waals surface area contributed by atoms with Gasteiger partial charge in [0.15, 0.2) is 0 Å². The number of nitrogens with zero attached hydrogens (tertiary/aromatic N) is 2. The Balaban J connectivity index is 1.92. The molecule has 0 unspecified atom stereocenters. The zero-order valence-electron chi connectivity index (χ0n) is 11.2. The number of nitriles is 1. The first-order valence-corrected chi connectivity index (χ1v) is 6.53. The lowest BCUT2D eigenvalue weighted by molar-refractivity contribution is 0.480. The van der Waals surface area contributed by atoms with Crippen molar-refractivity contribution in [2.75, 3.05) is 0 Å². The highest BCUT2D eigenvalue weighted by molar-refractivity contribution is 5.85. The summed E-state index contributed by atoms with van der Waals surface area (Å²) in [6.45, 7) is 0. The molecule has 0 amide bonds. The van der Waals surface area contributed by atoms with Crippen LogP contribution in [0.2, 0.25) is 0 Å². The molecule has 0 aliphatic rings. The highest BCUT2D eigenvalue weighted by Crippen LogP contribution is 2.22. The van der Waals surface area contributed by atoms with Crippen LogP contribution in [0, 0.1) is 11.3 Å². The van der Waals surface area contributed by atoms with E-state index >= 15 is 0 Å². The zero-order valence-corrected chi connectivity index (χ0v) is 11.2. The number of phenols is 1. The molecule has 100 valence electrons. The largest absolute Gasteiger partial charge is 0.506 e. The molecule has 0 spiro atoms. The second-order valence-corrected chi connectivity index (χ2v) is 4.65. The molecular weight excluding hydrogens is 260 g/mol. The van der Waals surface area contributed by atoms with E-state index in [1.807, 2.05) is 42.5 Å². The lowest BCUT2D eigenvalue weighted by Gasteiger charge is -2.01. The van der Waals surface area contributed by atoms with Crippen molar-refractivity contribution in [3.8, 4) is 11.8 Å². The Morgan fingerprint density at radius 1 is 0.952 bits per heavy atom. The maximum atomic E-state index is 9.82. The third-order valence-electron chi connectivity index (χ3n) is 3.21. The van der Waals surface area contributed by atoms with Gasteiger partial charge in [0.05, 0.1) is 17.3 Å². The minimum Gasteiger partial charge on any atom is -0.506 e. The van der Waals surface area contributed by atoms with Crippen molar-refractivity contribution < 1.29 is 5.11 Å². The van der Waals surface area contributed by atoms with Crippen molar-refractivity contribution in [1.82, 2.24) is 4.98 Å². The van der Waals surface area contributed by atoms with Gasteiger partial charge >= 0.3 is 0 Å². The summed E-state index contributed by atoms with van der Waals surface area (Å²) in [4.78, 5) is 4.43. The molecular formula is C18H12N2O. The summed E-state index contributed by atoms with van der Waals surface area (Å²) in [5.74, 6) is 0.182. The monoisotopic (exact) mass is 272 g/mol. The summed E-state index contributed by atoms with van der Waals surface area (Å²) in [6.07, 6.45) is 3.81. The van der Waals surface area contributed by atoms with Crippen LogP contribution >= 0.6 is 0 Å². The molecule has 2 aromatic carbocycles. The Bertz CT molecular complexity index is 859. The molecule has 3 heteroatoms. The van der Waals surface area contributed by atoms with E-state index in [9.17, 15) is 5.11 Å². The first-order chi connectivity index (χ1) is 10.3. The normalized spacial score (nSPS) is 10.8. The molecule has 0 radical (unpaired) electrons. The average molecular weight is 272 g/mol. The number of hydrogen-bond donors (Lipinski definition) is 1. The van der Waals surface area contributed by atoms with Gasteiger partial charge in [0, 0.05) is 5.39 Å². The first-order valence-electron chi connectivity index (χ1n) is 6.53. The number of fused-ring (bicyclic) bond motifs is 1. The van der Waals surface area contributed by atoms with Crippen molar-refractivity contribution in [2.45, 2.75) is 0 Å². The predicted octanol–water partition coefficient (Wildman–Crippen LogP) is 3.98. The topological polar surface area (TPSA) is 56.9 Å². The Kier molecular flexibility index (Phi) is 3.36. The molecule has 21 heavy (non-hydrogen) atoms. The van der Waals surface area contributed by atoms with E-state index in [0.717, 1.165) is 16.6 Å². The zero-order chi connectivity index (χ0) is 14.7. The number of phenolic OH excluding ortho intramolecular Hbond substituents is 1. The molecule has 0 saturated heterocycles. The Morgan fingerprint density at radius 2 is 1.76 bits per heavy atom. The highest BCUT2D eigenvalue weighted by Gasteiger charge is 2.00. The molecule has 0 bridgehead atoms. The summed E-state index contributed by atoms with van der Waals surface area (Å²) in [5, 5.41) is 19.5. The molecule has 0 fully saturated rings. The quantitative estimate of drug-likeness (QED) is 0.767. The van der Waals surface area contributed by atoms with Crippen LogP contribution in [0.25, 0.3) is 23.1 Å². The van der Waals surface area contributed by atoms with Gasteiger partial charge in [-0.3, -0.25) is 0 Å². The molecule has 3 rings (SSSR count). The summed E-state index contributed by atoms with van der Waals surface area (Å²) in [5.41, 5.74) is 3.00.